The van der Waals surface area contributed by atoms with Gasteiger partial charge in [-0.2, -0.15) is 0 Å². The van der Waals surface area contributed by atoms with Crippen LogP contribution in [-0.2, 0) is 19.1 Å². The number of amides is 1. The van der Waals surface area contributed by atoms with Gasteiger partial charge in [-0.15, -0.1) is 11.3 Å². The van der Waals surface area contributed by atoms with Crippen molar-refractivity contribution in [1.29, 1.82) is 0 Å². The van der Waals surface area contributed by atoms with E-state index >= 15 is 0 Å². The molecule has 0 aliphatic heterocycles. The lowest BCUT2D eigenvalue weighted by atomic mass is 10.3. The van der Waals surface area contributed by atoms with E-state index in [2.05, 4.69) is 5.32 Å². The van der Waals surface area contributed by atoms with Crippen molar-refractivity contribution in [2.24, 2.45) is 0 Å². The summed E-state index contributed by atoms with van der Waals surface area (Å²) in [5, 5.41) is 4.71. The van der Waals surface area contributed by atoms with Crippen molar-refractivity contribution in [2.75, 3.05) is 18.5 Å². The molecule has 0 atom stereocenters. The summed E-state index contributed by atoms with van der Waals surface area (Å²) < 4.78 is 9.61. The third-order valence-corrected chi connectivity index (χ3v) is 3.10. The summed E-state index contributed by atoms with van der Waals surface area (Å²) in [7, 11) is 0. The minimum Gasteiger partial charge on any atom is -0.466 e. The summed E-state index contributed by atoms with van der Waals surface area (Å²) in [6, 6.07) is 1.59. The molecule has 1 heterocycles. The zero-order chi connectivity index (χ0) is 15.0. The topological polar surface area (TPSA) is 81.7 Å². The third-order valence-electron chi connectivity index (χ3n) is 2.28. The van der Waals surface area contributed by atoms with Gasteiger partial charge in [-0.3, -0.25) is 9.59 Å². The molecular formula is C13H17NO5S. The second-order valence-corrected chi connectivity index (χ2v) is 4.65. The van der Waals surface area contributed by atoms with Gasteiger partial charge >= 0.3 is 11.9 Å². The maximum absolute atomic E-state index is 11.7. The molecule has 0 fully saturated rings. The number of ether oxygens (including phenoxy) is 2. The van der Waals surface area contributed by atoms with Crippen molar-refractivity contribution in [3.8, 4) is 0 Å². The molecule has 1 amide bonds. The fourth-order valence-electron chi connectivity index (χ4n) is 1.41. The number of carbonyl (C=O) groups is 3. The molecule has 1 rings (SSSR count). The molecular weight excluding hydrogens is 282 g/mol. The van der Waals surface area contributed by atoms with Crippen molar-refractivity contribution in [1.82, 2.24) is 0 Å². The van der Waals surface area contributed by atoms with E-state index in [1.807, 2.05) is 0 Å². The van der Waals surface area contributed by atoms with Crippen molar-refractivity contribution < 1.29 is 23.9 Å². The van der Waals surface area contributed by atoms with Crippen molar-refractivity contribution in [3.05, 3.63) is 17.0 Å². The molecule has 0 unspecified atom stereocenters. The van der Waals surface area contributed by atoms with Gasteiger partial charge < -0.3 is 14.8 Å². The highest BCUT2D eigenvalue weighted by molar-refractivity contribution is 7.14. The predicted octanol–water partition coefficient (Wildman–Crippen LogP) is 2.21. The highest BCUT2D eigenvalue weighted by Gasteiger charge is 2.16. The Morgan fingerprint density at radius 3 is 2.50 bits per heavy atom. The second-order valence-electron chi connectivity index (χ2n) is 3.74. The first-order chi connectivity index (χ1) is 9.58. The summed E-state index contributed by atoms with van der Waals surface area (Å²) in [6.07, 6.45) is 0.0266. The Labute approximate surface area is 121 Å². The number of thiophene rings is 1. The Balaban J connectivity index is 2.52. The second kappa shape index (κ2) is 8.31. The van der Waals surface area contributed by atoms with Crippen LogP contribution in [0.2, 0.25) is 0 Å². The number of nitrogens with one attached hydrogen (secondary N) is 1. The lowest BCUT2D eigenvalue weighted by Gasteiger charge is -2.06. The van der Waals surface area contributed by atoms with Gasteiger partial charge in [-0.1, -0.05) is 0 Å². The molecule has 0 spiro atoms. The first-order valence-corrected chi connectivity index (χ1v) is 7.16. The zero-order valence-corrected chi connectivity index (χ0v) is 12.2. The van der Waals surface area contributed by atoms with Crippen LogP contribution in [0, 0.1) is 0 Å². The molecule has 0 aliphatic carbocycles. The first-order valence-electron chi connectivity index (χ1n) is 6.28. The van der Waals surface area contributed by atoms with E-state index in [1.165, 1.54) is 11.3 Å². The van der Waals surface area contributed by atoms with E-state index < -0.39 is 11.9 Å². The fourth-order valence-corrected chi connectivity index (χ4v) is 2.20. The Morgan fingerprint density at radius 2 is 1.85 bits per heavy atom. The number of carbonyl (C=O) groups excluding carboxylic acids is 3. The largest absolute Gasteiger partial charge is 0.466 e. The van der Waals surface area contributed by atoms with E-state index in [0.717, 1.165) is 0 Å². The lowest BCUT2D eigenvalue weighted by Crippen LogP contribution is -2.16. The van der Waals surface area contributed by atoms with Gasteiger partial charge in [0.15, 0.2) is 0 Å². The fraction of sp³-hybridized carbons (Fsp3) is 0.462. The summed E-state index contributed by atoms with van der Waals surface area (Å²) >= 11 is 1.23. The van der Waals surface area contributed by atoms with Gasteiger partial charge in [0.05, 0.1) is 25.2 Å². The number of hydrogen-bond donors (Lipinski definition) is 1. The summed E-state index contributed by atoms with van der Waals surface area (Å²) in [5.74, 6) is -1.24. The maximum Gasteiger partial charge on any atom is 0.341 e. The Kier molecular flexibility index (Phi) is 6.72. The minimum atomic E-state index is -0.477. The van der Waals surface area contributed by atoms with Crippen LogP contribution in [0.5, 0.6) is 0 Å². The molecule has 1 N–H and O–H groups in total. The number of rotatable bonds is 7. The van der Waals surface area contributed by atoms with Crippen LogP contribution in [0.4, 0.5) is 5.00 Å². The standard InChI is InChI=1S/C13H17NO5S/c1-3-18-11(16)6-5-10(15)14-12-9(7-8-20-12)13(17)19-4-2/h7-8H,3-6H2,1-2H3,(H,14,15). The van der Waals surface area contributed by atoms with Crippen LogP contribution >= 0.6 is 11.3 Å². The van der Waals surface area contributed by atoms with Crippen LogP contribution in [0.3, 0.4) is 0 Å². The normalized spacial score (nSPS) is 9.90. The Morgan fingerprint density at radius 1 is 1.15 bits per heavy atom. The molecule has 0 saturated heterocycles. The quantitative estimate of drug-likeness (QED) is 0.781. The van der Waals surface area contributed by atoms with E-state index in [-0.39, 0.29) is 25.4 Å². The van der Waals surface area contributed by atoms with Gasteiger partial charge in [-0.25, -0.2) is 4.79 Å². The summed E-state index contributed by atoms with van der Waals surface area (Å²) in [6.45, 7) is 3.97. The smallest absolute Gasteiger partial charge is 0.341 e. The minimum absolute atomic E-state index is 0.0129. The van der Waals surface area contributed by atoms with Crippen molar-refractivity contribution >= 4 is 34.2 Å². The molecule has 1 aromatic rings. The van der Waals surface area contributed by atoms with Crippen molar-refractivity contribution in [3.63, 3.8) is 0 Å². The van der Waals surface area contributed by atoms with Crippen LogP contribution < -0.4 is 5.32 Å². The zero-order valence-electron chi connectivity index (χ0n) is 11.4. The molecule has 0 aliphatic rings. The first kappa shape index (κ1) is 16.2. The van der Waals surface area contributed by atoms with Crippen LogP contribution in [-0.4, -0.2) is 31.1 Å². The third kappa shape index (κ3) is 5.00. The van der Waals surface area contributed by atoms with Gasteiger partial charge in [0.25, 0.3) is 0 Å². The molecule has 1 aromatic heterocycles. The van der Waals surface area contributed by atoms with E-state index in [0.29, 0.717) is 17.2 Å². The molecule has 6 nitrogen and oxygen atoms in total. The maximum atomic E-state index is 11.7. The average Bonchev–Trinajstić information content (AvgIpc) is 2.85. The van der Waals surface area contributed by atoms with Gasteiger partial charge in [-0.05, 0) is 25.3 Å². The van der Waals surface area contributed by atoms with Gasteiger partial charge in [0.1, 0.15) is 5.00 Å². The molecule has 110 valence electrons. The number of hydrogen-bond acceptors (Lipinski definition) is 6. The SMILES string of the molecule is CCOC(=O)CCC(=O)Nc1sccc1C(=O)OCC. The molecule has 0 radical (unpaired) electrons. The lowest BCUT2D eigenvalue weighted by molar-refractivity contribution is -0.144. The van der Waals surface area contributed by atoms with Crippen LogP contribution in [0.1, 0.15) is 37.0 Å². The van der Waals surface area contributed by atoms with Crippen LogP contribution in [0.15, 0.2) is 11.4 Å². The average molecular weight is 299 g/mol. The predicted molar refractivity (Wildman–Crippen MR) is 74.8 cm³/mol. The highest BCUT2D eigenvalue weighted by Crippen LogP contribution is 2.24. The number of anilines is 1. The van der Waals surface area contributed by atoms with Gasteiger partial charge in [0.2, 0.25) is 5.91 Å². The molecule has 20 heavy (non-hydrogen) atoms. The summed E-state index contributed by atoms with van der Waals surface area (Å²) in [4.78, 5) is 34.4. The van der Waals surface area contributed by atoms with E-state index in [4.69, 9.17) is 9.47 Å². The highest BCUT2D eigenvalue weighted by atomic mass is 32.1. The molecule has 0 aromatic carbocycles. The van der Waals surface area contributed by atoms with Gasteiger partial charge in [0, 0.05) is 6.42 Å². The monoisotopic (exact) mass is 299 g/mol. The molecule has 0 saturated carbocycles. The van der Waals surface area contributed by atoms with E-state index in [1.54, 1.807) is 25.3 Å². The molecule has 7 heteroatoms. The number of esters is 2. The molecule has 0 bridgehead atoms. The summed E-state index contributed by atoms with van der Waals surface area (Å²) in [5.41, 5.74) is 0.321. The Bertz CT molecular complexity index is 483. The van der Waals surface area contributed by atoms with Crippen molar-refractivity contribution in [2.45, 2.75) is 26.7 Å². The van der Waals surface area contributed by atoms with Crippen LogP contribution in [0.25, 0.3) is 0 Å². The van der Waals surface area contributed by atoms with E-state index in [9.17, 15) is 14.4 Å². The Hall–Kier alpha value is -1.89.